The SMILES string of the molecule is IC1CCCCCCC1OCc1ccccc1. The highest BCUT2D eigenvalue weighted by atomic mass is 127. The van der Waals surface area contributed by atoms with Crippen LogP contribution >= 0.6 is 22.6 Å². The zero-order valence-electron chi connectivity index (χ0n) is 10.3. The molecule has 0 N–H and O–H groups in total. The number of rotatable bonds is 3. The summed E-state index contributed by atoms with van der Waals surface area (Å²) in [5, 5.41) is 0. The number of ether oxygens (including phenoxy) is 1. The molecule has 0 amide bonds. The molecule has 2 heteroatoms. The minimum absolute atomic E-state index is 0.455. The summed E-state index contributed by atoms with van der Waals surface area (Å²) >= 11 is 2.58. The molecule has 17 heavy (non-hydrogen) atoms. The van der Waals surface area contributed by atoms with Crippen molar-refractivity contribution in [1.82, 2.24) is 0 Å². The Labute approximate surface area is 118 Å². The fraction of sp³-hybridized carbons (Fsp3) is 0.600. The molecule has 0 saturated heterocycles. The maximum absolute atomic E-state index is 6.11. The fourth-order valence-corrected chi connectivity index (χ4v) is 3.38. The lowest BCUT2D eigenvalue weighted by atomic mass is 9.98. The van der Waals surface area contributed by atoms with Crippen molar-refractivity contribution in [3.63, 3.8) is 0 Å². The predicted molar refractivity (Wildman–Crippen MR) is 80.5 cm³/mol. The summed E-state index contributed by atoms with van der Waals surface area (Å²) in [5.74, 6) is 0. The van der Waals surface area contributed by atoms with Gasteiger partial charge in [0.05, 0.1) is 12.7 Å². The van der Waals surface area contributed by atoms with Gasteiger partial charge in [-0.25, -0.2) is 0 Å². The lowest BCUT2D eigenvalue weighted by Crippen LogP contribution is -2.25. The van der Waals surface area contributed by atoms with E-state index >= 15 is 0 Å². The molecule has 0 bridgehead atoms. The molecular weight excluding hydrogens is 323 g/mol. The smallest absolute Gasteiger partial charge is 0.0721 e. The van der Waals surface area contributed by atoms with Crippen LogP contribution in [0.3, 0.4) is 0 Å². The summed E-state index contributed by atoms with van der Waals surface area (Å²) in [7, 11) is 0. The van der Waals surface area contributed by atoms with Gasteiger partial charge in [-0.1, -0.05) is 78.6 Å². The molecule has 1 aromatic carbocycles. The summed E-state index contributed by atoms with van der Waals surface area (Å²) in [6.07, 6.45) is 8.51. The highest BCUT2D eigenvalue weighted by Gasteiger charge is 2.20. The van der Waals surface area contributed by atoms with Gasteiger partial charge >= 0.3 is 0 Å². The predicted octanol–water partition coefficient (Wildman–Crippen LogP) is 4.73. The van der Waals surface area contributed by atoms with Gasteiger partial charge in [-0.3, -0.25) is 0 Å². The van der Waals surface area contributed by atoms with Crippen molar-refractivity contribution in [3.8, 4) is 0 Å². The van der Waals surface area contributed by atoms with E-state index < -0.39 is 0 Å². The Bertz CT molecular complexity index is 312. The minimum atomic E-state index is 0.455. The van der Waals surface area contributed by atoms with Crippen LogP contribution in [0.25, 0.3) is 0 Å². The number of halogens is 1. The second kappa shape index (κ2) is 7.37. The van der Waals surface area contributed by atoms with Gasteiger partial charge in [0, 0.05) is 3.92 Å². The van der Waals surface area contributed by atoms with E-state index in [1.54, 1.807) is 0 Å². The third-order valence-electron chi connectivity index (χ3n) is 3.43. The van der Waals surface area contributed by atoms with Crippen molar-refractivity contribution < 1.29 is 4.74 Å². The van der Waals surface area contributed by atoms with Gasteiger partial charge in [-0.15, -0.1) is 0 Å². The quantitative estimate of drug-likeness (QED) is 0.569. The summed E-state index contributed by atoms with van der Waals surface area (Å²) in [6.45, 7) is 0.769. The second-order valence-corrected chi connectivity index (χ2v) is 6.44. The van der Waals surface area contributed by atoms with Crippen LogP contribution in [-0.4, -0.2) is 10.0 Å². The molecule has 2 unspecified atom stereocenters. The maximum atomic E-state index is 6.11. The molecule has 1 fully saturated rings. The third kappa shape index (κ3) is 4.59. The lowest BCUT2D eigenvalue weighted by molar-refractivity contribution is 0.0309. The van der Waals surface area contributed by atoms with E-state index in [0.29, 0.717) is 10.0 Å². The molecular formula is C15H21IO. The summed E-state index contributed by atoms with van der Waals surface area (Å²) < 4.78 is 6.80. The molecule has 2 rings (SSSR count). The van der Waals surface area contributed by atoms with Crippen molar-refractivity contribution >= 4 is 22.6 Å². The average molecular weight is 344 g/mol. The van der Waals surface area contributed by atoms with Gasteiger partial charge in [0.15, 0.2) is 0 Å². The zero-order valence-corrected chi connectivity index (χ0v) is 12.4. The largest absolute Gasteiger partial charge is 0.372 e. The monoisotopic (exact) mass is 344 g/mol. The maximum Gasteiger partial charge on any atom is 0.0721 e. The van der Waals surface area contributed by atoms with Crippen LogP contribution in [0.2, 0.25) is 0 Å². The normalized spacial score (nSPS) is 26.2. The van der Waals surface area contributed by atoms with Gasteiger partial charge in [-0.2, -0.15) is 0 Å². The minimum Gasteiger partial charge on any atom is -0.372 e. The Kier molecular flexibility index (Phi) is 5.78. The molecule has 2 atom stereocenters. The van der Waals surface area contributed by atoms with Gasteiger partial charge in [-0.05, 0) is 18.4 Å². The summed E-state index contributed by atoms with van der Waals surface area (Å²) in [5.41, 5.74) is 1.29. The fourth-order valence-electron chi connectivity index (χ4n) is 2.37. The number of hydrogen-bond acceptors (Lipinski definition) is 1. The van der Waals surface area contributed by atoms with E-state index in [1.165, 1.54) is 44.1 Å². The molecule has 1 aliphatic rings. The first-order valence-electron chi connectivity index (χ1n) is 6.66. The van der Waals surface area contributed by atoms with Crippen molar-refractivity contribution in [2.45, 2.75) is 55.2 Å². The summed E-state index contributed by atoms with van der Waals surface area (Å²) in [4.78, 5) is 0. The third-order valence-corrected chi connectivity index (χ3v) is 4.85. The van der Waals surface area contributed by atoms with Crippen molar-refractivity contribution in [2.75, 3.05) is 0 Å². The van der Waals surface area contributed by atoms with Crippen molar-refractivity contribution in [2.24, 2.45) is 0 Å². The van der Waals surface area contributed by atoms with Crippen molar-refractivity contribution in [3.05, 3.63) is 35.9 Å². The van der Waals surface area contributed by atoms with Crippen LogP contribution < -0.4 is 0 Å². The lowest BCUT2D eigenvalue weighted by Gasteiger charge is -2.25. The molecule has 0 spiro atoms. The Balaban J connectivity index is 1.83. The highest BCUT2D eigenvalue weighted by molar-refractivity contribution is 14.1. The van der Waals surface area contributed by atoms with E-state index in [4.69, 9.17) is 4.74 Å². The molecule has 1 saturated carbocycles. The van der Waals surface area contributed by atoms with Gasteiger partial charge in [0.2, 0.25) is 0 Å². The highest BCUT2D eigenvalue weighted by Crippen LogP contribution is 2.26. The molecule has 0 aromatic heterocycles. The van der Waals surface area contributed by atoms with Crippen molar-refractivity contribution in [1.29, 1.82) is 0 Å². The molecule has 1 aromatic rings. The van der Waals surface area contributed by atoms with Crippen LogP contribution in [0.1, 0.15) is 44.1 Å². The Morgan fingerprint density at radius 2 is 1.71 bits per heavy atom. The van der Waals surface area contributed by atoms with Crippen LogP contribution in [0, 0.1) is 0 Å². The Hall–Kier alpha value is -0.0900. The molecule has 1 aliphatic carbocycles. The standard InChI is InChI=1S/C15H21IO/c16-14-10-6-1-2-7-11-15(14)17-12-13-8-4-3-5-9-13/h3-5,8-9,14-15H,1-2,6-7,10-12H2. The molecule has 0 radical (unpaired) electrons. The van der Waals surface area contributed by atoms with Crippen LogP contribution in [0.15, 0.2) is 30.3 Å². The molecule has 0 aliphatic heterocycles. The van der Waals surface area contributed by atoms with Gasteiger partial charge < -0.3 is 4.74 Å². The second-order valence-electron chi connectivity index (χ2n) is 4.84. The van der Waals surface area contributed by atoms with Crippen LogP contribution in [-0.2, 0) is 11.3 Å². The van der Waals surface area contributed by atoms with E-state index in [2.05, 4.69) is 52.9 Å². The molecule has 0 heterocycles. The topological polar surface area (TPSA) is 9.23 Å². The van der Waals surface area contributed by atoms with Crippen LogP contribution in [0.4, 0.5) is 0 Å². The average Bonchev–Trinajstić information content (AvgIpc) is 2.35. The Morgan fingerprint density at radius 1 is 1.00 bits per heavy atom. The molecule has 94 valence electrons. The van der Waals surface area contributed by atoms with Gasteiger partial charge in [0.25, 0.3) is 0 Å². The molecule has 1 nitrogen and oxygen atoms in total. The van der Waals surface area contributed by atoms with Gasteiger partial charge in [0.1, 0.15) is 0 Å². The van der Waals surface area contributed by atoms with Crippen LogP contribution in [0.5, 0.6) is 0 Å². The first-order chi connectivity index (χ1) is 8.36. The first kappa shape index (κ1) is 13.3. The number of benzene rings is 1. The Morgan fingerprint density at radius 3 is 2.47 bits per heavy atom. The van der Waals surface area contributed by atoms with E-state index in [1.807, 2.05) is 0 Å². The summed E-state index contributed by atoms with van der Waals surface area (Å²) in [6, 6.07) is 10.5. The first-order valence-corrected chi connectivity index (χ1v) is 7.90. The van der Waals surface area contributed by atoms with E-state index in [0.717, 1.165) is 6.61 Å². The van der Waals surface area contributed by atoms with E-state index in [9.17, 15) is 0 Å². The number of alkyl halides is 1. The van der Waals surface area contributed by atoms with E-state index in [-0.39, 0.29) is 0 Å². The number of hydrogen-bond donors (Lipinski definition) is 0. The zero-order chi connectivity index (χ0) is 11.9.